The maximum Gasteiger partial charge on any atom is 0.307 e. The van der Waals surface area contributed by atoms with Gasteiger partial charge >= 0.3 is 5.97 Å². The molecule has 1 rings (SSSR count). The molecular formula is C11H16N2O3. The van der Waals surface area contributed by atoms with Gasteiger partial charge < -0.3 is 10.8 Å². The zero-order valence-electron chi connectivity index (χ0n) is 9.27. The summed E-state index contributed by atoms with van der Waals surface area (Å²) in [5.74, 6) is 3.88. The first-order valence-corrected chi connectivity index (χ1v) is 5.22. The number of nitrogens with two attached hydrogens (primary N) is 1. The van der Waals surface area contributed by atoms with Crippen molar-refractivity contribution in [3.63, 3.8) is 0 Å². The third-order valence-electron chi connectivity index (χ3n) is 2.81. The molecular weight excluding hydrogens is 208 g/mol. The fraction of sp³-hybridized carbons (Fsp3) is 0.636. The Balaban J connectivity index is 2.62. The molecule has 0 aromatic heterocycles. The monoisotopic (exact) mass is 224 g/mol. The van der Waals surface area contributed by atoms with Gasteiger partial charge in [0.05, 0.1) is 12.0 Å². The summed E-state index contributed by atoms with van der Waals surface area (Å²) < 4.78 is 0. The molecule has 1 saturated heterocycles. The fourth-order valence-corrected chi connectivity index (χ4v) is 1.88. The molecule has 1 fully saturated rings. The van der Waals surface area contributed by atoms with Crippen molar-refractivity contribution in [1.29, 1.82) is 0 Å². The second-order valence-corrected chi connectivity index (χ2v) is 3.87. The van der Waals surface area contributed by atoms with E-state index in [1.54, 1.807) is 6.92 Å². The van der Waals surface area contributed by atoms with Crippen LogP contribution in [0.3, 0.4) is 0 Å². The van der Waals surface area contributed by atoms with Crippen LogP contribution in [0.5, 0.6) is 0 Å². The summed E-state index contributed by atoms with van der Waals surface area (Å²) in [5.41, 5.74) is 5.28. The van der Waals surface area contributed by atoms with Crippen LogP contribution in [0.25, 0.3) is 0 Å². The molecule has 5 heteroatoms. The molecule has 3 N–H and O–H groups in total. The van der Waals surface area contributed by atoms with Gasteiger partial charge in [-0.15, -0.1) is 11.8 Å². The molecule has 0 aromatic carbocycles. The highest BCUT2D eigenvalue weighted by Crippen LogP contribution is 2.19. The zero-order chi connectivity index (χ0) is 12.1. The lowest BCUT2D eigenvalue weighted by Gasteiger charge is -2.22. The van der Waals surface area contributed by atoms with Gasteiger partial charge in [0.25, 0.3) is 0 Å². The molecule has 0 aromatic rings. The van der Waals surface area contributed by atoms with Crippen LogP contribution in [0.4, 0.5) is 0 Å². The van der Waals surface area contributed by atoms with E-state index in [-0.39, 0.29) is 0 Å². The number of carbonyl (C=O) groups excluding carboxylic acids is 1. The van der Waals surface area contributed by atoms with Crippen molar-refractivity contribution in [2.45, 2.75) is 25.8 Å². The Morgan fingerprint density at radius 1 is 1.62 bits per heavy atom. The minimum atomic E-state index is -0.813. The lowest BCUT2D eigenvalue weighted by molar-refractivity contribution is -0.141. The van der Waals surface area contributed by atoms with E-state index >= 15 is 0 Å². The minimum absolute atomic E-state index is 0.373. The normalized spacial score (nSPS) is 22.2. The van der Waals surface area contributed by atoms with E-state index in [4.69, 9.17) is 10.8 Å². The number of carboxylic acid groups (broad SMARTS) is 1. The summed E-state index contributed by atoms with van der Waals surface area (Å²) in [4.78, 5) is 23.8. The third-order valence-corrected chi connectivity index (χ3v) is 2.81. The number of amides is 1. The smallest absolute Gasteiger partial charge is 0.307 e. The first kappa shape index (κ1) is 12.5. The highest BCUT2D eigenvalue weighted by molar-refractivity contribution is 5.80. The number of carboxylic acids is 1. The number of rotatable bonds is 4. The van der Waals surface area contributed by atoms with Gasteiger partial charge in [-0.25, -0.2) is 0 Å². The average Bonchev–Trinajstić information content (AvgIpc) is 2.67. The molecule has 2 unspecified atom stereocenters. The van der Waals surface area contributed by atoms with Crippen molar-refractivity contribution in [2.24, 2.45) is 11.7 Å². The van der Waals surface area contributed by atoms with E-state index in [1.165, 1.54) is 0 Å². The summed E-state index contributed by atoms with van der Waals surface area (Å²) in [6, 6.07) is -0.461. The lowest BCUT2D eigenvalue weighted by atomic mass is 10.1. The summed E-state index contributed by atoms with van der Waals surface area (Å²) in [5, 5.41) is 8.86. The molecule has 0 radical (unpaired) electrons. The first-order valence-electron chi connectivity index (χ1n) is 5.22. The summed E-state index contributed by atoms with van der Waals surface area (Å²) in [7, 11) is 0. The second kappa shape index (κ2) is 5.52. The Labute approximate surface area is 94.6 Å². The molecule has 16 heavy (non-hydrogen) atoms. The molecule has 1 aliphatic heterocycles. The maximum absolute atomic E-state index is 11.2. The summed E-state index contributed by atoms with van der Waals surface area (Å²) in [6.07, 6.45) is 0.941. The topological polar surface area (TPSA) is 83.6 Å². The van der Waals surface area contributed by atoms with E-state index in [9.17, 15) is 9.59 Å². The van der Waals surface area contributed by atoms with Crippen LogP contribution in [0.2, 0.25) is 0 Å². The van der Waals surface area contributed by atoms with Gasteiger partial charge in [0.1, 0.15) is 0 Å². The van der Waals surface area contributed by atoms with Crippen LogP contribution < -0.4 is 5.73 Å². The van der Waals surface area contributed by atoms with Crippen LogP contribution in [0.15, 0.2) is 0 Å². The van der Waals surface area contributed by atoms with Gasteiger partial charge in [-0.05, 0) is 19.9 Å². The standard InChI is InChI=1S/C11H16N2O3/c1-2-3-4-9(10(12)14)13-6-5-8(7-13)11(15)16/h8-9H,4-7H2,1H3,(H2,12,14)(H,15,16). The lowest BCUT2D eigenvalue weighted by Crippen LogP contribution is -2.43. The van der Waals surface area contributed by atoms with E-state index in [0.717, 1.165) is 0 Å². The van der Waals surface area contributed by atoms with E-state index < -0.39 is 23.8 Å². The van der Waals surface area contributed by atoms with Gasteiger partial charge in [0.15, 0.2) is 0 Å². The van der Waals surface area contributed by atoms with Crippen LogP contribution in [-0.2, 0) is 9.59 Å². The molecule has 0 bridgehead atoms. The number of likely N-dealkylation sites (tertiary alicyclic amines) is 1. The van der Waals surface area contributed by atoms with Gasteiger partial charge in [0, 0.05) is 13.0 Å². The third kappa shape index (κ3) is 2.97. The van der Waals surface area contributed by atoms with Crippen molar-refractivity contribution >= 4 is 11.9 Å². The minimum Gasteiger partial charge on any atom is -0.481 e. The van der Waals surface area contributed by atoms with Gasteiger partial charge in [0.2, 0.25) is 5.91 Å². The predicted octanol–water partition coefficient (Wildman–Crippen LogP) is -0.340. The average molecular weight is 224 g/mol. The highest BCUT2D eigenvalue weighted by Gasteiger charge is 2.33. The fourth-order valence-electron chi connectivity index (χ4n) is 1.88. The van der Waals surface area contributed by atoms with Crippen LogP contribution >= 0.6 is 0 Å². The first-order chi connectivity index (χ1) is 7.56. The van der Waals surface area contributed by atoms with E-state index in [2.05, 4.69) is 11.8 Å². The van der Waals surface area contributed by atoms with Crippen LogP contribution in [-0.4, -0.2) is 41.0 Å². The zero-order valence-corrected chi connectivity index (χ0v) is 9.27. The molecule has 0 saturated carbocycles. The quantitative estimate of drug-likeness (QED) is 0.640. The molecule has 88 valence electrons. The molecule has 5 nitrogen and oxygen atoms in total. The molecule has 2 atom stereocenters. The van der Waals surface area contributed by atoms with E-state index in [0.29, 0.717) is 25.9 Å². The van der Waals surface area contributed by atoms with Crippen molar-refractivity contribution in [1.82, 2.24) is 4.90 Å². The molecule has 1 aliphatic rings. The Morgan fingerprint density at radius 3 is 2.75 bits per heavy atom. The van der Waals surface area contributed by atoms with Crippen molar-refractivity contribution < 1.29 is 14.7 Å². The Bertz CT molecular complexity index is 343. The van der Waals surface area contributed by atoms with Crippen molar-refractivity contribution in [3.05, 3.63) is 0 Å². The van der Waals surface area contributed by atoms with Crippen molar-refractivity contribution in [2.75, 3.05) is 13.1 Å². The number of hydrogen-bond donors (Lipinski definition) is 2. The Morgan fingerprint density at radius 2 is 2.31 bits per heavy atom. The van der Waals surface area contributed by atoms with Gasteiger partial charge in [-0.2, -0.15) is 0 Å². The second-order valence-electron chi connectivity index (χ2n) is 3.87. The number of aliphatic carboxylic acids is 1. The Kier molecular flexibility index (Phi) is 4.32. The highest BCUT2D eigenvalue weighted by atomic mass is 16.4. The van der Waals surface area contributed by atoms with Crippen LogP contribution in [0, 0.1) is 17.8 Å². The van der Waals surface area contributed by atoms with E-state index in [1.807, 2.05) is 4.90 Å². The Hall–Kier alpha value is -1.54. The van der Waals surface area contributed by atoms with Gasteiger partial charge in [-0.3, -0.25) is 14.5 Å². The number of hydrogen-bond acceptors (Lipinski definition) is 3. The number of primary amides is 1. The molecule has 0 aliphatic carbocycles. The molecule has 1 heterocycles. The SMILES string of the molecule is CC#CCC(C(N)=O)N1CCC(C(=O)O)C1. The predicted molar refractivity (Wildman–Crippen MR) is 58.4 cm³/mol. The number of nitrogens with zero attached hydrogens (tertiary/aromatic N) is 1. The number of carbonyl (C=O) groups is 2. The molecule has 1 amide bonds. The molecule has 0 spiro atoms. The van der Waals surface area contributed by atoms with Crippen LogP contribution in [0.1, 0.15) is 19.8 Å². The van der Waals surface area contributed by atoms with Gasteiger partial charge in [-0.1, -0.05) is 0 Å². The van der Waals surface area contributed by atoms with Crippen molar-refractivity contribution in [3.8, 4) is 11.8 Å². The summed E-state index contributed by atoms with van der Waals surface area (Å²) in [6.45, 7) is 2.67. The summed E-state index contributed by atoms with van der Waals surface area (Å²) >= 11 is 0. The maximum atomic E-state index is 11.2. The largest absolute Gasteiger partial charge is 0.481 e.